The van der Waals surface area contributed by atoms with Crippen LogP contribution in [0.2, 0.25) is 0 Å². The van der Waals surface area contributed by atoms with E-state index >= 15 is 0 Å². The van der Waals surface area contributed by atoms with Crippen LogP contribution in [0.5, 0.6) is 0 Å². The van der Waals surface area contributed by atoms with Gasteiger partial charge in [-0.15, -0.1) is 0 Å². The van der Waals surface area contributed by atoms with Crippen molar-refractivity contribution in [3.63, 3.8) is 0 Å². The highest BCUT2D eigenvalue weighted by Gasteiger charge is 2.41. The Balaban J connectivity index is 1.73. The Kier molecular flexibility index (Phi) is 5.70. The lowest BCUT2D eigenvalue weighted by molar-refractivity contribution is -0.150. The van der Waals surface area contributed by atoms with Crippen molar-refractivity contribution in [3.05, 3.63) is 22.8 Å². The van der Waals surface area contributed by atoms with Gasteiger partial charge in [0.15, 0.2) is 5.88 Å². The van der Waals surface area contributed by atoms with E-state index in [9.17, 15) is 14.4 Å². The van der Waals surface area contributed by atoms with Gasteiger partial charge < -0.3 is 14.1 Å². The van der Waals surface area contributed by atoms with Crippen LogP contribution in [0.3, 0.4) is 0 Å². The predicted octanol–water partition coefficient (Wildman–Crippen LogP) is 3.26. The number of esters is 1. The van der Waals surface area contributed by atoms with E-state index in [1.165, 1.54) is 13.3 Å². The van der Waals surface area contributed by atoms with Crippen molar-refractivity contribution in [3.8, 4) is 0 Å². The zero-order chi connectivity index (χ0) is 18.7. The fourth-order valence-electron chi connectivity index (χ4n) is 3.02. The molecule has 2 aliphatic heterocycles. The van der Waals surface area contributed by atoms with Crippen molar-refractivity contribution in [2.45, 2.75) is 39.2 Å². The molecule has 3 rings (SSSR count). The highest BCUT2D eigenvalue weighted by Crippen LogP contribution is 2.34. The Labute approximate surface area is 156 Å². The lowest BCUT2D eigenvalue weighted by Crippen LogP contribution is -2.42. The van der Waals surface area contributed by atoms with Crippen LogP contribution in [0, 0.1) is 0 Å². The number of imide groups is 1. The van der Waals surface area contributed by atoms with Gasteiger partial charge in [0.2, 0.25) is 0 Å². The SMILES string of the molecule is CCOC(=O)C(C)N1C(=O)SC(=Cc2ccc(N3CCCCC3)o2)C1=O. The predicted molar refractivity (Wildman–Crippen MR) is 98.7 cm³/mol. The number of hydrogen-bond acceptors (Lipinski definition) is 7. The molecular formula is C18H22N2O5S. The second-order valence-corrected chi connectivity index (χ2v) is 7.20. The van der Waals surface area contributed by atoms with Crippen molar-refractivity contribution in [2.75, 3.05) is 24.6 Å². The number of rotatable bonds is 5. The van der Waals surface area contributed by atoms with Gasteiger partial charge in [-0.1, -0.05) is 0 Å². The largest absolute Gasteiger partial charge is 0.464 e. The van der Waals surface area contributed by atoms with Crippen molar-refractivity contribution in [1.29, 1.82) is 0 Å². The van der Waals surface area contributed by atoms with Crippen LogP contribution in [-0.2, 0) is 14.3 Å². The Morgan fingerprint density at radius 2 is 2.04 bits per heavy atom. The second kappa shape index (κ2) is 7.99. The molecule has 3 heterocycles. The van der Waals surface area contributed by atoms with Crippen molar-refractivity contribution >= 4 is 40.8 Å². The molecule has 0 spiro atoms. The number of furan rings is 1. The molecule has 0 saturated carbocycles. The van der Waals surface area contributed by atoms with Gasteiger partial charge in [0.1, 0.15) is 11.8 Å². The maximum Gasteiger partial charge on any atom is 0.329 e. The Bertz CT molecular complexity index is 736. The minimum absolute atomic E-state index is 0.195. The molecule has 1 aromatic rings. The number of nitrogens with zero attached hydrogens (tertiary/aromatic N) is 2. The van der Waals surface area contributed by atoms with Gasteiger partial charge in [-0.05, 0) is 50.9 Å². The third kappa shape index (κ3) is 3.80. The van der Waals surface area contributed by atoms with Crippen LogP contribution in [0.1, 0.15) is 38.9 Å². The summed E-state index contributed by atoms with van der Waals surface area (Å²) in [4.78, 5) is 39.9. The first-order chi connectivity index (χ1) is 12.5. The monoisotopic (exact) mass is 378 g/mol. The molecule has 2 aliphatic rings. The van der Waals surface area contributed by atoms with Crippen LogP contribution in [0.4, 0.5) is 10.7 Å². The minimum Gasteiger partial charge on any atom is -0.464 e. The third-order valence-electron chi connectivity index (χ3n) is 4.39. The topological polar surface area (TPSA) is 80.1 Å². The summed E-state index contributed by atoms with van der Waals surface area (Å²) in [6.07, 6.45) is 5.06. The lowest BCUT2D eigenvalue weighted by atomic mass is 10.1. The van der Waals surface area contributed by atoms with E-state index in [1.807, 2.05) is 6.07 Å². The van der Waals surface area contributed by atoms with Crippen molar-refractivity contribution in [1.82, 2.24) is 4.90 Å². The summed E-state index contributed by atoms with van der Waals surface area (Å²) in [5.74, 6) is 0.188. The summed E-state index contributed by atoms with van der Waals surface area (Å²) in [7, 11) is 0. The maximum absolute atomic E-state index is 12.5. The van der Waals surface area contributed by atoms with Gasteiger partial charge in [0.25, 0.3) is 11.1 Å². The van der Waals surface area contributed by atoms with Crippen molar-refractivity contribution < 1.29 is 23.5 Å². The molecule has 1 aromatic heterocycles. The summed E-state index contributed by atoms with van der Waals surface area (Å²) >= 11 is 0.802. The highest BCUT2D eigenvalue weighted by atomic mass is 32.2. The Morgan fingerprint density at radius 1 is 1.31 bits per heavy atom. The van der Waals surface area contributed by atoms with Gasteiger partial charge >= 0.3 is 5.97 Å². The van der Waals surface area contributed by atoms with E-state index in [2.05, 4.69) is 4.90 Å². The van der Waals surface area contributed by atoms with Gasteiger partial charge in [0, 0.05) is 25.2 Å². The first kappa shape index (κ1) is 18.6. The zero-order valence-electron chi connectivity index (χ0n) is 14.9. The molecule has 0 radical (unpaired) electrons. The molecule has 1 unspecified atom stereocenters. The third-order valence-corrected chi connectivity index (χ3v) is 5.28. The number of ether oxygens (including phenoxy) is 1. The average molecular weight is 378 g/mol. The van der Waals surface area contributed by atoms with E-state index in [-0.39, 0.29) is 11.5 Å². The number of anilines is 1. The van der Waals surface area contributed by atoms with Crippen LogP contribution in [-0.4, -0.2) is 47.8 Å². The summed E-state index contributed by atoms with van der Waals surface area (Å²) in [6, 6.07) is 2.71. The molecule has 1 atom stereocenters. The normalized spacial score (nSPS) is 20.8. The average Bonchev–Trinajstić information content (AvgIpc) is 3.20. The highest BCUT2D eigenvalue weighted by molar-refractivity contribution is 8.18. The van der Waals surface area contributed by atoms with Crippen LogP contribution in [0.25, 0.3) is 6.08 Å². The number of carbonyl (C=O) groups excluding carboxylic acids is 3. The first-order valence-electron chi connectivity index (χ1n) is 8.79. The van der Waals surface area contributed by atoms with Gasteiger partial charge in [-0.25, -0.2) is 4.79 Å². The molecule has 7 nitrogen and oxygen atoms in total. The zero-order valence-corrected chi connectivity index (χ0v) is 15.7. The number of hydrogen-bond donors (Lipinski definition) is 0. The molecule has 26 heavy (non-hydrogen) atoms. The molecule has 8 heteroatoms. The van der Waals surface area contributed by atoms with Crippen LogP contribution >= 0.6 is 11.8 Å². The number of carbonyl (C=O) groups is 3. The van der Waals surface area contributed by atoms with E-state index in [0.717, 1.165) is 48.5 Å². The van der Waals surface area contributed by atoms with Gasteiger partial charge in [-0.3, -0.25) is 14.5 Å². The van der Waals surface area contributed by atoms with E-state index in [4.69, 9.17) is 9.15 Å². The fraction of sp³-hybridized carbons (Fsp3) is 0.500. The van der Waals surface area contributed by atoms with Crippen LogP contribution in [0.15, 0.2) is 21.5 Å². The molecule has 2 amide bonds. The summed E-state index contributed by atoms with van der Waals surface area (Å²) in [5.41, 5.74) is 0. The van der Waals surface area contributed by atoms with Gasteiger partial charge in [0.05, 0.1) is 11.5 Å². The minimum atomic E-state index is -0.950. The second-order valence-electron chi connectivity index (χ2n) is 6.20. The lowest BCUT2D eigenvalue weighted by Gasteiger charge is -2.25. The van der Waals surface area contributed by atoms with E-state index < -0.39 is 23.2 Å². The molecule has 0 bridgehead atoms. The molecule has 2 fully saturated rings. The smallest absolute Gasteiger partial charge is 0.329 e. The van der Waals surface area contributed by atoms with Crippen LogP contribution < -0.4 is 4.90 Å². The molecule has 0 N–H and O–H groups in total. The first-order valence-corrected chi connectivity index (χ1v) is 9.61. The van der Waals surface area contributed by atoms with E-state index in [0.29, 0.717) is 5.76 Å². The summed E-state index contributed by atoms with van der Waals surface area (Å²) < 4.78 is 10.7. The molecule has 0 aliphatic carbocycles. The fourth-order valence-corrected chi connectivity index (χ4v) is 3.90. The van der Waals surface area contributed by atoms with E-state index in [1.54, 1.807) is 19.1 Å². The quantitative estimate of drug-likeness (QED) is 0.575. The summed E-state index contributed by atoms with van der Waals surface area (Å²) in [5, 5.41) is -0.482. The maximum atomic E-state index is 12.5. The standard InChI is InChI=1S/C18H22N2O5S/c1-3-24-17(22)12(2)20-16(21)14(26-18(20)23)11-13-7-8-15(25-13)19-9-5-4-6-10-19/h7-8,11-12H,3-6,9-10H2,1-2H3. The summed E-state index contributed by atoms with van der Waals surface area (Å²) in [6.45, 7) is 5.27. The Hall–Kier alpha value is -2.22. The number of thioether (sulfide) groups is 1. The molecule has 2 saturated heterocycles. The van der Waals surface area contributed by atoms with Gasteiger partial charge in [-0.2, -0.15) is 0 Å². The molecule has 140 valence electrons. The Morgan fingerprint density at radius 3 is 2.73 bits per heavy atom. The molecule has 0 aromatic carbocycles. The number of amides is 2. The molecular weight excluding hydrogens is 356 g/mol. The number of piperidine rings is 1. The van der Waals surface area contributed by atoms with Crippen molar-refractivity contribution in [2.24, 2.45) is 0 Å².